The summed E-state index contributed by atoms with van der Waals surface area (Å²) < 4.78 is 0. The molecule has 0 unspecified atom stereocenters. The highest BCUT2D eigenvalue weighted by Gasteiger charge is 2.84. The van der Waals surface area contributed by atoms with Crippen molar-refractivity contribution in [1.29, 1.82) is 5.26 Å². The van der Waals surface area contributed by atoms with Gasteiger partial charge < -0.3 is 0 Å². The molecule has 2 saturated carbocycles. The first-order valence-corrected chi connectivity index (χ1v) is 2.70. The molecule has 0 bridgehead atoms. The number of alkyl halides is 1. The van der Waals surface area contributed by atoms with Crippen LogP contribution in [-0.4, -0.2) is 4.87 Å². The number of fused-ring (bicyclic) bond motifs is 1. The molecule has 0 atom stereocenters. The molecule has 0 saturated heterocycles. The predicted octanol–water partition coefficient (Wildman–Crippen LogP) is 1.28. The summed E-state index contributed by atoms with van der Waals surface area (Å²) >= 11 is 5.75. The Bertz CT molecular complexity index is 161. The quantitative estimate of drug-likeness (QED) is 0.434. The van der Waals surface area contributed by atoms with E-state index in [1.54, 1.807) is 0 Å². The minimum atomic E-state index is -0.0332. The van der Waals surface area contributed by atoms with Crippen LogP contribution in [0.5, 0.6) is 0 Å². The average molecular weight is 114 g/mol. The first-order chi connectivity index (χ1) is 3.22. The zero-order valence-corrected chi connectivity index (χ0v) is 4.50. The van der Waals surface area contributed by atoms with Gasteiger partial charge in [0.05, 0.1) is 16.4 Å². The third-order valence-corrected chi connectivity index (χ3v) is 2.61. The van der Waals surface area contributed by atoms with Crippen molar-refractivity contribution in [3.05, 3.63) is 0 Å². The average Bonchev–Trinajstić information content (AvgIpc) is 2.24. The van der Waals surface area contributed by atoms with Crippen molar-refractivity contribution >= 4 is 11.6 Å². The summed E-state index contributed by atoms with van der Waals surface area (Å²) in [5.41, 5.74) is -0.0332. The summed E-state index contributed by atoms with van der Waals surface area (Å²) in [6.45, 7) is 0. The van der Waals surface area contributed by atoms with Crippen molar-refractivity contribution in [1.82, 2.24) is 0 Å². The minimum Gasteiger partial charge on any atom is -0.198 e. The Morgan fingerprint density at radius 3 is 2.00 bits per heavy atom. The smallest absolute Gasteiger partial charge is 0.0801 e. The van der Waals surface area contributed by atoms with Crippen molar-refractivity contribution in [2.75, 3.05) is 0 Å². The summed E-state index contributed by atoms with van der Waals surface area (Å²) in [4.78, 5) is -0.0260. The molecule has 0 N–H and O–H groups in total. The first-order valence-electron chi connectivity index (χ1n) is 2.33. The van der Waals surface area contributed by atoms with Gasteiger partial charge in [0.15, 0.2) is 0 Å². The second-order valence-electron chi connectivity index (χ2n) is 2.51. The highest BCUT2D eigenvalue weighted by molar-refractivity contribution is 6.30. The molecular formula is C5H4ClN. The molecule has 2 aliphatic carbocycles. The number of nitrogens with zero attached hydrogens (tertiary/aromatic N) is 1. The first kappa shape index (κ1) is 3.74. The Balaban J connectivity index is 2.33. The summed E-state index contributed by atoms with van der Waals surface area (Å²) in [7, 11) is 0. The van der Waals surface area contributed by atoms with Gasteiger partial charge in [0, 0.05) is 0 Å². The van der Waals surface area contributed by atoms with Crippen LogP contribution in [0.25, 0.3) is 0 Å². The molecule has 0 aromatic heterocycles. The van der Waals surface area contributed by atoms with Crippen molar-refractivity contribution < 1.29 is 0 Å². The fraction of sp³-hybridized carbons (Fsp3) is 0.800. The van der Waals surface area contributed by atoms with Crippen LogP contribution >= 0.6 is 11.6 Å². The molecule has 7 heavy (non-hydrogen) atoms. The zero-order chi connectivity index (χ0) is 5.12. The van der Waals surface area contributed by atoms with E-state index in [0.717, 1.165) is 12.8 Å². The molecule has 2 fully saturated rings. The summed E-state index contributed by atoms with van der Waals surface area (Å²) in [6, 6.07) is 2.20. The van der Waals surface area contributed by atoms with Crippen LogP contribution in [0, 0.1) is 16.7 Å². The van der Waals surface area contributed by atoms with Gasteiger partial charge >= 0.3 is 0 Å². The van der Waals surface area contributed by atoms with Gasteiger partial charge in [0.25, 0.3) is 0 Å². The molecule has 2 heteroatoms. The highest BCUT2D eigenvalue weighted by atomic mass is 35.5. The van der Waals surface area contributed by atoms with Gasteiger partial charge in [0.2, 0.25) is 0 Å². The SMILES string of the molecule is N#CC12CC1(Cl)C2. The van der Waals surface area contributed by atoms with Crippen LogP contribution in [0.2, 0.25) is 0 Å². The molecule has 2 aliphatic rings. The van der Waals surface area contributed by atoms with Crippen LogP contribution in [0.4, 0.5) is 0 Å². The molecule has 0 radical (unpaired) electrons. The van der Waals surface area contributed by atoms with Crippen molar-refractivity contribution in [3.8, 4) is 6.07 Å². The Labute approximate surface area is 46.9 Å². The minimum absolute atomic E-state index is 0.0260. The van der Waals surface area contributed by atoms with E-state index < -0.39 is 0 Å². The van der Waals surface area contributed by atoms with Gasteiger partial charge in [-0.1, -0.05) is 0 Å². The number of hydrogen-bond donors (Lipinski definition) is 0. The van der Waals surface area contributed by atoms with Crippen LogP contribution in [0.3, 0.4) is 0 Å². The van der Waals surface area contributed by atoms with Crippen LogP contribution in [-0.2, 0) is 0 Å². The number of nitriles is 1. The summed E-state index contributed by atoms with van der Waals surface area (Å²) in [6.07, 6.45) is 1.89. The van der Waals surface area contributed by atoms with E-state index in [-0.39, 0.29) is 10.3 Å². The lowest BCUT2D eigenvalue weighted by Gasteiger charge is -1.78. The topological polar surface area (TPSA) is 23.8 Å². The van der Waals surface area contributed by atoms with Crippen molar-refractivity contribution in [3.63, 3.8) is 0 Å². The monoisotopic (exact) mass is 113 g/mol. The van der Waals surface area contributed by atoms with Crippen LogP contribution < -0.4 is 0 Å². The lowest BCUT2D eigenvalue weighted by Crippen LogP contribution is -1.75. The largest absolute Gasteiger partial charge is 0.198 e. The lowest BCUT2D eigenvalue weighted by atomic mass is 10.2. The van der Waals surface area contributed by atoms with Crippen molar-refractivity contribution in [2.45, 2.75) is 17.7 Å². The maximum absolute atomic E-state index is 8.34. The van der Waals surface area contributed by atoms with E-state index in [9.17, 15) is 0 Å². The Morgan fingerprint density at radius 2 is 2.00 bits per heavy atom. The normalized spacial score (nSPS) is 62.9. The van der Waals surface area contributed by atoms with Gasteiger partial charge in [-0.2, -0.15) is 5.26 Å². The van der Waals surface area contributed by atoms with Crippen LogP contribution in [0.15, 0.2) is 0 Å². The van der Waals surface area contributed by atoms with Gasteiger partial charge in [-0.25, -0.2) is 0 Å². The molecular weight excluding hydrogens is 110 g/mol. The van der Waals surface area contributed by atoms with E-state index in [4.69, 9.17) is 16.9 Å². The van der Waals surface area contributed by atoms with E-state index in [1.165, 1.54) is 0 Å². The Hall–Kier alpha value is -0.220. The molecule has 0 heterocycles. The number of hydrogen-bond acceptors (Lipinski definition) is 1. The van der Waals surface area contributed by atoms with E-state index >= 15 is 0 Å². The third kappa shape index (κ3) is 0.211. The molecule has 0 aromatic rings. The van der Waals surface area contributed by atoms with Gasteiger partial charge in [0.1, 0.15) is 0 Å². The fourth-order valence-electron chi connectivity index (χ4n) is 0.996. The maximum Gasteiger partial charge on any atom is 0.0801 e. The summed E-state index contributed by atoms with van der Waals surface area (Å²) in [5, 5.41) is 8.34. The van der Waals surface area contributed by atoms with Crippen molar-refractivity contribution in [2.24, 2.45) is 5.41 Å². The molecule has 1 nitrogen and oxygen atoms in total. The molecule has 36 valence electrons. The number of halogens is 1. The molecule has 0 spiro atoms. The maximum atomic E-state index is 8.34. The zero-order valence-electron chi connectivity index (χ0n) is 3.74. The Morgan fingerprint density at radius 1 is 1.57 bits per heavy atom. The predicted molar refractivity (Wildman–Crippen MR) is 25.9 cm³/mol. The number of rotatable bonds is 0. The van der Waals surface area contributed by atoms with Gasteiger partial charge in [-0.05, 0) is 12.8 Å². The summed E-state index contributed by atoms with van der Waals surface area (Å²) in [5.74, 6) is 0. The van der Waals surface area contributed by atoms with Gasteiger partial charge in [-0.15, -0.1) is 11.6 Å². The fourth-order valence-corrected chi connectivity index (χ4v) is 1.49. The standard InChI is InChI=1S/C5H4ClN/c6-5-1-4(5,2-5)3-7/h1-2H2. The van der Waals surface area contributed by atoms with E-state index in [0.29, 0.717) is 0 Å². The molecule has 0 amide bonds. The van der Waals surface area contributed by atoms with Crippen LogP contribution in [0.1, 0.15) is 12.8 Å². The van der Waals surface area contributed by atoms with Gasteiger partial charge in [-0.3, -0.25) is 0 Å². The lowest BCUT2D eigenvalue weighted by molar-refractivity contribution is 0.816. The molecule has 2 rings (SSSR count). The van der Waals surface area contributed by atoms with E-state index in [2.05, 4.69) is 6.07 Å². The second kappa shape index (κ2) is 0.605. The Kier molecular flexibility index (Phi) is 0.323. The third-order valence-electron chi connectivity index (χ3n) is 1.99. The molecule has 0 aromatic carbocycles. The molecule has 0 aliphatic heterocycles. The highest BCUT2D eigenvalue weighted by Crippen LogP contribution is 2.82. The van der Waals surface area contributed by atoms with E-state index in [1.807, 2.05) is 0 Å². The second-order valence-corrected chi connectivity index (χ2v) is 3.24.